The molecule has 1 rings (SSSR count). The molecular formula is C8H17IrO3. The first-order chi connectivity index (χ1) is 5.73. The van der Waals surface area contributed by atoms with Crippen LogP contribution in [0.4, 0.5) is 0 Å². The van der Waals surface area contributed by atoms with Gasteiger partial charge in [-0.3, -0.25) is 0 Å². The monoisotopic (exact) mass is 354 g/mol. The van der Waals surface area contributed by atoms with Gasteiger partial charge < -0.3 is 0 Å². The second kappa shape index (κ2) is 9.36. The molecule has 1 aliphatic carbocycles. The summed E-state index contributed by atoms with van der Waals surface area (Å²) in [5, 5.41) is 0. The van der Waals surface area contributed by atoms with Gasteiger partial charge in [0.2, 0.25) is 0 Å². The average Bonchev–Trinajstić information content (AvgIpc) is 1.82. The van der Waals surface area contributed by atoms with Gasteiger partial charge in [-0.05, 0) is 25.7 Å². The minimum absolute atomic E-state index is 1.32. The summed E-state index contributed by atoms with van der Waals surface area (Å²) in [7, 11) is 0. The van der Waals surface area contributed by atoms with E-state index < -0.39 is 17.6 Å². The van der Waals surface area contributed by atoms with Gasteiger partial charge >= 0.3 is 29.2 Å². The summed E-state index contributed by atoms with van der Waals surface area (Å²) in [5.41, 5.74) is 0. The van der Waals surface area contributed by atoms with Gasteiger partial charge in [0.15, 0.2) is 0 Å². The summed E-state index contributed by atoms with van der Waals surface area (Å²) in [6.45, 7) is 0. The van der Waals surface area contributed by atoms with Crippen molar-refractivity contribution in [1.82, 2.24) is 0 Å². The Bertz CT molecular complexity index is 102. The van der Waals surface area contributed by atoms with Crippen LogP contribution in [-0.2, 0) is 17.6 Å². The summed E-state index contributed by atoms with van der Waals surface area (Å²) in [6.07, 6.45) is 13.0. The fourth-order valence-electron chi connectivity index (χ4n) is 1.11. The van der Waals surface area contributed by atoms with Crippen molar-refractivity contribution in [2.45, 2.75) is 38.5 Å². The molecule has 1 aliphatic rings. The van der Waals surface area contributed by atoms with Crippen LogP contribution in [0.5, 0.6) is 0 Å². The number of hydrogen-bond donors (Lipinski definition) is 3. The van der Waals surface area contributed by atoms with Gasteiger partial charge in [0.05, 0.1) is 0 Å². The third-order valence-electron chi connectivity index (χ3n) is 1.66. The molecule has 0 radical (unpaired) electrons. The van der Waals surface area contributed by atoms with Gasteiger partial charge in [-0.25, -0.2) is 0 Å². The second-order valence-electron chi connectivity index (χ2n) is 2.66. The Balaban J connectivity index is 0.000000261. The molecule has 3 nitrogen and oxygen atoms in total. The van der Waals surface area contributed by atoms with Crippen molar-refractivity contribution in [2.75, 3.05) is 0 Å². The summed E-state index contributed by atoms with van der Waals surface area (Å²) in [6, 6.07) is 0. The molecule has 76 valence electrons. The second-order valence-corrected chi connectivity index (χ2v) is 4.10. The molecule has 0 fully saturated rings. The molecule has 0 amide bonds. The van der Waals surface area contributed by atoms with Gasteiger partial charge in [-0.1, -0.05) is 25.0 Å². The van der Waals surface area contributed by atoms with Gasteiger partial charge in [-0.2, -0.15) is 0 Å². The molecule has 0 aromatic heterocycles. The van der Waals surface area contributed by atoms with E-state index in [1.54, 1.807) is 0 Å². The topological polar surface area (TPSA) is 60.7 Å². The van der Waals surface area contributed by atoms with E-state index in [0.717, 1.165) is 0 Å². The third kappa shape index (κ3) is 12.9. The minimum atomic E-state index is -3.33. The first-order valence-corrected chi connectivity index (χ1v) is 7.31. The number of allylic oxidation sites excluding steroid dienone is 2. The van der Waals surface area contributed by atoms with E-state index in [0.29, 0.717) is 0 Å². The van der Waals surface area contributed by atoms with Crippen LogP contribution in [0.15, 0.2) is 12.2 Å². The molecule has 0 aromatic rings. The van der Waals surface area contributed by atoms with Crippen LogP contribution < -0.4 is 0 Å². The molecule has 0 heterocycles. The summed E-state index contributed by atoms with van der Waals surface area (Å²) >= 11 is -3.33. The predicted octanol–water partition coefficient (Wildman–Crippen LogP) is 1.22. The van der Waals surface area contributed by atoms with Gasteiger partial charge in [0.1, 0.15) is 0 Å². The zero-order valence-electron chi connectivity index (χ0n) is 7.07. The molecule has 3 N–H and O–H groups in total. The molecule has 0 aromatic carbocycles. The molecule has 0 saturated heterocycles. The first kappa shape index (κ1) is 12.3. The Morgan fingerprint density at radius 2 is 1.08 bits per heavy atom. The zero-order valence-corrected chi connectivity index (χ0v) is 9.47. The number of hydrogen-bond acceptors (Lipinski definition) is 3. The van der Waals surface area contributed by atoms with E-state index in [1.165, 1.54) is 38.5 Å². The van der Waals surface area contributed by atoms with Crippen LogP contribution in [0.3, 0.4) is 0 Å². The number of rotatable bonds is 0. The van der Waals surface area contributed by atoms with Crippen LogP contribution in [0.25, 0.3) is 0 Å². The predicted molar refractivity (Wildman–Crippen MR) is 43.5 cm³/mol. The molecular weight excluding hydrogens is 336 g/mol. The maximum atomic E-state index is 7.33. The van der Waals surface area contributed by atoms with Gasteiger partial charge in [-0.15, -0.1) is 0 Å². The molecule has 0 unspecified atom stereocenters. The third-order valence-corrected chi connectivity index (χ3v) is 1.66. The Morgan fingerprint density at radius 3 is 1.42 bits per heavy atom. The Morgan fingerprint density at radius 1 is 0.750 bits per heavy atom. The van der Waals surface area contributed by atoms with Crippen molar-refractivity contribution in [3.8, 4) is 0 Å². The molecule has 0 saturated carbocycles. The molecule has 12 heavy (non-hydrogen) atoms. The maximum absolute atomic E-state index is 7.33. The van der Waals surface area contributed by atoms with Gasteiger partial charge in [0, 0.05) is 0 Å². The summed E-state index contributed by atoms with van der Waals surface area (Å²) < 4.78 is 22.0. The SMILES string of the molecule is C1=CCCCCCC1.[OH][Ir]([OH])[OH]. The Kier molecular flexibility index (Phi) is 9.57. The van der Waals surface area contributed by atoms with Crippen LogP contribution in [-0.4, -0.2) is 11.6 Å². The van der Waals surface area contributed by atoms with Crippen molar-refractivity contribution in [3.05, 3.63) is 12.2 Å². The molecule has 0 bridgehead atoms. The van der Waals surface area contributed by atoms with Crippen molar-refractivity contribution < 1.29 is 29.2 Å². The standard InChI is InChI=1S/C8H14.Ir.3H2O/c1-2-4-6-8-7-5-3-1;;;;/h1-2H,3-8H2;;3*1H2/q;+3;;;/p-3. The average molecular weight is 353 g/mol. The van der Waals surface area contributed by atoms with Crippen LogP contribution in [0.2, 0.25) is 0 Å². The summed E-state index contributed by atoms with van der Waals surface area (Å²) in [4.78, 5) is 0. The quantitative estimate of drug-likeness (QED) is 0.574. The molecule has 0 aliphatic heterocycles. The van der Waals surface area contributed by atoms with E-state index in [-0.39, 0.29) is 0 Å². The van der Waals surface area contributed by atoms with Gasteiger partial charge in [0.25, 0.3) is 0 Å². The van der Waals surface area contributed by atoms with Crippen LogP contribution >= 0.6 is 0 Å². The van der Waals surface area contributed by atoms with E-state index in [4.69, 9.17) is 11.6 Å². The van der Waals surface area contributed by atoms with Crippen molar-refractivity contribution in [1.29, 1.82) is 0 Å². The first-order valence-electron chi connectivity index (χ1n) is 4.10. The van der Waals surface area contributed by atoms with Crippen LogP contribution in [0, 0.1) is 0 Å². The fourth-order valence-corrected chi connectivity index (χ4v) is 1.11. The van der Waals surface area contributed by atoms with Crippen molar-refractivity contribution in [3.63, 3.8) is 0 Å². The van der Waals surface area contributed by atoms with E-state index in [1.807, 2.05) is 0 Å². The normalized spacial score (nSPS) is 18.4. The van der Waals surface area contributed by atoms with E-state index in [2.05, 4.69) is 12.2 Å². The van der Waals surface area contributed by atoms with Crippen molar-refractivity contribution in [2.24, 2.45) is 0 Å². The fraction of sp³-hybridized carbons (Fsp3) is 0.750. The van der Waals surface area contributed by atoms with Crippen molar-refractivity contribution >= 4 is 0 Å². The Hall–Kier alpha value is 0.269. The zero-order chi connectivity index (χ0) is 9.23. The van der Waals surface area contributed by atoms with Crippen LogP contribution in [0.1, 0.15) is 38.5 Å². The molecule has 0 spiro atoms. The summed E-state index contributed by atoms with van der Waals surface area (Å²) in [5.74, 6) is 0. The van der Waals surface area contributed by atoms with E-state index in [9.17, 15) is 0 Å². The van der Waals surface area contributed by atoms with E-state index >= 15 is 0 Å². The Labute approximate surface area is 80.2 Å². The molecule has 4 heteroatoms. The molecule has 0 atom stereocenters.